The van der Waals surface area contributed by atoms with Crippen LogP contribution in [-0.2, 0) is 6.61 Å². The quantitative estimate of drug-likeness (QED) is 0.114. The standard InChI is InChI=1S/C30H25BrN2O4/c1-20-6-8-22(9-7-20)19-36-27-13-10-23(11-14-27)29(34)33-32-18-25-17-26(31)12-15-28(25)37-30(35)24-5-3-4-21(2)16-24/h3-18H,19H2,1-2H3,(H,33,34)/b32-18-. The molecule has 0 saturated heterocycles. The summed E-state index contributed by atoms with van der Waals surface area (Å²) < 4.78 is 12.1. The molecule has 0 heterocycles. The average molecular weight is 557 g/mol. The average Bonchev–Trinajstić information content (AvgIpc) is 2.90. The predicted octanol–water partition coefficient (Wildman–Crippen LogP) is 6.63. The Labute approximate surface area is 224 Å². The molecule has 7 heteroatoms. The van der Waals surface area contributed by atoms with Crippen LogP contribution in [0.4, 0.5) is 0 Å². The minimum atomic E-state index is -0.477. The highest BCUT2D eigenvalue weighted by Crippen LogP contribution is 2.23. The van der Waals surface area contributed by atoms with Gasteiger partial charge in [0.25, 0.3) is 5.91 Å². The molecule has 0 atom stereocenters. The summed E-state index contributed by atoms with van der Waals surface area (Å²) in [4.78, 5) is 25.1. The molecule has 0 spiro atoms. The van der Waals surface area contributed by atoms with Crippen LogP contribution in [0.3, 0.4) is 0 Å². The van der Waals surface area contributed by atoms with E-state index in [1.165, 1.54) is 11.8 Å². The van der Waals surface area contributed by atoms with Crippen LogP contribution in [-0.4, -0.2) is 18.1 Å². The molecule has 4 aromatic rings. The maximum absolute atomic E-state index is 12.6. The third kappa shape index (κ3) is 7.38. The van der Waals surface area contributed by atoms with Gasteiger partial charge in [0, 0.05) is 15.6 Å². The smallest absolute Gasteiger partial charge is 0.343 e. The van der Waals surface area contributed by atoms with Crippen molar-refractivity contribution in [2.24, 2.45) is 5.10 Å². The Morgan fingerprint density at radius 2 is 1.62 bits per heavy atom. The predicted molar refractivity (Wildman–Crippen MR) is 147 cm³/mol. The number of halogens is 1. The molecule has 186 valence electrons. The second-order valence-corrected chi connectivity index (χ2v) is 9.35. The molecule has 6 nitrogen and oxygen atoms in total. The highest BCUT2D eigenvalue weighted by Gasteiger charge is 2.12. The number of nitrogens with zero attached hydrogens (tertiary/aromatic N) is 1. The van der Waals surface area contributed by atoms with Gasteiger partial charge >= 0.3 is 5.97 Å². The second kappa shape index (κ2) is 12.1. The van der Waals surface area contributed by atoms with Crippen molar-refractivity contribution in [2.75, 3.05) is 0 Å². The molecule has 0 aromatic heterocycles. The van der Waals surface area contributed by atoms with Crippen LogP contribution in [0.25, 0.3) is 0 Å². The molecule has 37 heavy (non-hydrogen) atoms. The van der Waals surface area contributed by atoms with Crippen molar-refractivity contribution in [1.29, 1.82) is 0 Å². The van der Waals surface area contributed by atoms with Gasteiger partial charge < -0.3 is 9.47 Å². The topological polar surface area (TPSA) is 77.0 Å². The highest BCUT2D eigenvalue weighted by atomic mass is 79.9. The summed E-state index contributed by atoms with van der Waals surface area (Å²) in [6, 6.07) is 27.3. The number of hydrazone groups is 1. The first-order chi connectivity index (χ1) is 17.9. The van der Waals surface area contributed by atoms with E-state index in [1.807, 2.05) is 44.2 Å². The van der Waals surface area contributed by atoms with E-state index in [2.05, 4.69) is 26.5 Å². The molecule has 1 amide bonds. The van der Waals surface area contributed by atoms with Crippen LogP contribution < -0.4 is 14.9 Å². The minimum absolute atomic E-state index is 0.322. The van der Waals surface area contributed by atoms with Crippen LogP contribution >= 0.6 is 15.9 Å². The molecule has 4 rings (SSSR count). The summed E-state index contributed by atoms with van der Waals surface area (Å²) in [5, 5.41) is 4.05. The highest BCUT2D eigenvalue weighted by molar-refractivity contribution is 9.10. The minimum Gasteiger partial charge on any atom is -0.489 e. The molecule has 0 radical (unpaired) electrons. The van der Waals surface area contributed by atoms with Crippen molar-refractivity contribution < 1.29 is 19.1 Å². The normalized spacial score (nSPS) is 10.8. The lowest BCUT2D eigenvalue weighted by Crippen LogP contribution is -2.17. The Morgan fingerprint density at radius 3 is 2.35 bits per heavy atom. The number of nitrogens with one attached hydrogen (secondary N) is 1. The maximum Gasteiger partial charge on any atom is 0.343 e. The molecular formula is C30H25BrN2O4. The Bertz CT molecular complexity index is 1430. The van der Waals surface area contributed by atoms with E-state index in [0.717, 1.165) is 15.6 Å². The molecule has 0 aliphatic carbocycles. The summed E-state index contributed by atoms with van der Waals surface area (Å²) in [5.74, 6) is 0.127. The van der Waals surface area contributed by atoms with Crippen molar-refractivity contribution in [3.05, 3.63) is 129 Å². The van der Waals surface area contributed by atoms with Crippen LogP contribution in [0, 0.1) is 13.8 Å². The fourth-order valence-corrected chi connectivity index (χ4v) is 3.80. The molecule has 4 aromatic carbocycles. The lowest BCUT2D eigenvalue weighted by atomic mass is 10.1. The molecule has 1 N–H and O–H groups in total. The largest absolute Gasteiger partial charge is 0.489 e. The van der Waals surface area contributed by atoms with E-state index >= 15 is 0 Å². The summed E-state index contributed by atoms with van der Waals surface area (Å²) >= 11 is 3.41. The van der Waals surface area contributed by atoms with E-state index in [0.29, 0.717) is 34.8 Å². The molecule has 0 fully saturated rings. The molecule has 0 aliphatic rings. The molecule has 0 bridgehead atoms. The summed E-state index contributed by atoms with van der Waals surface area (Å²) in [7, 11) is 0. The Morgan fingerprint density at radius 1 is 0.865 bits per heavy atom. The van der Waals surface area contributed by atoms with Gasteiger partial charge in [-0.15, -0.1) is 0 Å². The number of aryl methyl sites for hydroxylation is 2. The Balaban J connectivity index is 1.36. The fraction of sp³-hybridized carbons (Fsp3) is 0.100. The van der Waals surface area contributed by atoms with Crippen molar-refractivity contribution in [2.45, 2.75) is 20.5 Å². The monoisotopic (exact) mass is 556 g/mol. The first-order valence-corrected chi connectivity index (χ1v) is 12.4. The molecule has 0 unspecified atom stereocenters. The second-order valence-electron chi connectivity index (χ2n) is 8.44. The molecule has 0 aliphatic heterocycles. The number of hydrogen-bond donors (Lipinski definition) is 1. The van der Waals surface area contributed by atoms with Crippen LogP contribution in [0.2, 0.25) is 0 Å². The van der Waals surface area contributed by atoms with Gasteiger partial charge in [0.05, 0.1) is 11.8 Å². The van der Waals surface area contributed by atoms with Crippen LogP contribution in [0.15, 0.2) is 101 Å². The first-order valence-electron chi connectivity index (χ1n) is 11.6. The van der Waals surface area contributed by atoms with Gasteiger partial charge in [-0.2, -0.15) is 5.10 Å². The lowest BCUT2D eigenvalue weighted by Gasteiger charge is -2.09. The fourth-order valence-electron chi connectivity index (χ4n) is 3.42. The Kier molecular flexibility index (Phi) is 8.48. The van der Waals surface area contributed by atoms with Crippen LogP contribution in [0.1, 0.15) is 43.0 Å². The SMILES string of the molecule is Cc1ccc(COc2ccc(C(=O)N/N=C\c3cc(Br)ccc3OC(=O)c3cccc(C)c3)cc2)cc1. The molecule has 0 saturated carbocycles. The van der Waals surface area contributed by atoms with E-state index < -0.39 is 5.97 Å². The number of esters is 1. The van der Waals surface area contributed by atoms with Gasteiger partial charge in [0.2, 0.25) is 0 Å². The van der Waals surface area contributed by atoms with Crippen molar-refractivity contribution in [3.63, 3.8) is 0 Å². The third-order valence-corrected chi connectivity index (χ3v) is 5.93. The number of hydrogen-bond acceptors (Lipinski definition) is 5. The van der Waals surface area contributed by atoms with Gasteiger partial charge in [-0.25, -0.2) is 10.2 Å². The summed E-state index contributed by atoms with van der Waals surface area (Å²) in [6.07, 6.45) is 1.43. The van der Waals surface area contributed by atoms with E-state index in [-0.39, 0.29) is 5.91 Å². The number of amides is 1. The number of carbonyl (C=O) groups excluding carboxylic acids is 2. The van der Waals surface area contributed by atoms with Gasteiger partial charge in [-0.3, -0.25) is 4.79 Å². The van der Waals surface area contributed by atoms with Gasteiger partial charge in [-0.1, -0.05) is 63.5 Å². The maximum atomic E-state index is 12.6. The number of rotatable bonds is 8. The van der Waals surface area contributed by atoms with Gasteiger partial charge in [0.1, 0.15) is 18.1 Å². The first kappa shape index (κ1) is 25.9. The van der Waals surface area contributed by atoms with Crippen LogP contribution in [0.5, 0.6) is 11.5 Å². The number of benzene rings is 4. The van der Waals surface area contributed by atoms with Gasteiger partial charge in [-0.05, 0) is 74.0 Å². The van der Waals surface area contributed by atoms with Gasteiger partial charge in [0.15, 0.2) is 0 Å². The Hall–Kier alpha value is -4.23. The summed E-state index contributed by atoms with van der Waals surface area (Å²) in [6.45, 7) is 4.39. The third-order valence-electron chi connectivity index (χ3n) is 5.44. The zero-order chi connectivity index (χ0) is 26.2. The molecular weight excluding hydrogens is 532 g/mol. The van der Waals surface area contributed by atoms with Crippen molar-refractivity contribution >= 4 is 34.0 Å². The van der Waals surface area contributed by atoms with Crippen molar-refractivity contribution in [1.82, 2.24) is 5.43 Å². The van der Waals surface area contributed by atoms with E-state index in [9.17, 15) is 9.59 Å². The number of ether oxygens (including phenoxy) is 2. The lowest BCUT2D eigenvalue weighted by molar-refractivity contribution is 0.0734. The number of carbonyl (C=O) groups is 2. The van der Waals surface area contributed by atoms with E-state index in [1.54, 1.807) is 60.7 Å². The summed E-state index contributed by atoms with van der Waals surface area (Å²) in [5.41, 5.74) is 7.13. The zero-order valence-corrected chi connectivity index (χ0v) is 22.0. The van der Waals surface area contributed by atoms with E-state index in [4.69, 9.17) is 9.47 Å². The van der Waals surface area contributed by atoms with Crippen molar-refractivity contribution in [3.8, 4) is 11.5 Å². The zero-order valence-electron chi connectivity index (χ0n) is 20.4.